The molecule has 17 heavy (non-hydrogen) atoms. The number of hydrogen-bond acceptors (Lipinski definition) is 3. The van der Waals surface area contributed by atoms with Crippen molar-refractivity contribution in [2.75, 3.05) is 18.6 Å². The molecule has 0 radical (unpaired) electrons. The Hall–Kier alpha value is -0.580. The first-order valence-corrected chi connectivity index (χ1v) is 7.73. The van der Waals surface area contributed by atoms with Crippen molar-refractivity contribution in [3.63, 3.8) is 0 Å². The second kappa shape index (κ2) is 6.38. The van der Waals surface area contributed by atoms with Gasteiger partial charge < -0.3 is 5.32 Å². The SMILES string of the molecule is CSCCNCc1ccc(Br)c2cccnc12. The molecule has 0 aliphatic carbocycles. The molecule has 90 valence electrons. The molecular weight excluding hydrogens is 296 g/mol. The predicted molar refractivity (Wildman–Crippen MR) is 79.5 cm³/mol. The van der Waals surface area contributed by atoms with Crippen molar-refractivity contribution in [2.45, 2.75) is 6.54 Å². The maximum atomic E-state index is 4.47. The third-order valence-corrected chi connectivity index (χ3v) is 3.90. The fraction of sp³-hybridized carbons (Fsp3) is 0.308. The maximum Gasteiger partial charge on any atom is 0.0758 e. The van der Waals surface area contributed by atoms with E-state index in [0.717, 1.165) is 28.8 Å². The first kappa shape index (κ1) is 12.9. The molecule has 0 bridgehead atoms. The van der Waals surface area contributed by atoms with Gasteiger partial charge in [0, 0.05) is 34.9 Å². The van der Waals surface area contributed by atoms with E-state index in [2.05, 4.69) is 50.7 Å². The summed E-state index contributed by atoms with van der Waals surface area (Å²) in [5, 5.41) is 4.62. The van der Waals surface area contributed by atoms with Gasteiger partial charge in [-0.25, -0.2) is 0 Å². The van der Waals surface area contributed by atoms with E-state index in [9.17, 15) is 0 Å². The van der Waals surface area contributed by atoms with Crippen molar-refractivity contribution >= 4 is 38.6 Å². The van der Waals surface area contributed by atoms with Crippen LogP contribution in [-0.4, -0.2) is 23.5 Å². The number of nitrogens with one attached hydrogen (secondary N) is 1. The zero-order chi connectivity index (χ0) is 12.1. The number of benzene rings is 1. The van der Waals surface area contributed by atoms with Crippen LogP contribution in [0.15, 0.2) is 34.9 Å². The molecule has 0 aliphatic heterocycles. The third kappa shape index (κ3) is 3.21. The lowest BCUT2D eigenvalue weighted by Crippen LogP contribution is -2.16. The summed E-state index contributed by atoms with van der Waals surface area (Å²) < 4.78 is 1.11. The van der Waals surface area contributed by atoms with Crippen molar-refractivity contribution in [3.8, 4) is 0 Å². The monoisotopic (exact) mass is 310 g/mol. The molecule has 2 nitrogen and oxygen atoms in total. The Labute approximate surface area is 114 Å². The molecule has 1 N–H and O–H groups in total. The highest BCUT2D eigenvalue weighted by Crippen LogP contribution is 2.24. The van der Waals surface area contributed by atoms with Crippen molar-refractivity contribution in [3.05, 3.63) is 40.5 Å². The lowest BCUT2D eigenvalue weighted by atomic mass is 10.1. The van der Waals surface area contributed by atoms with Crippen molar-refractivity contribution in [1.82, 2.24) is 10.3 Å². The van der Waals surface area contributed by atoms with Crippen LogP contribution < -0.4 is 5.32 Å². The Balaban J connectivity index is 2.20. The zero-order valence-corrected chi connectivity index (χ0v) is 12.1. The average Bonchev–Trinajstić information content (AvgIpc) is 2.37. The number of nitrogens with zero attached hydrogens (tertiary/aromatic N) is 1. The van der Waals surface area contributed by atoms with Gasteiger partial charge >= 0.3 is 0 Å². The van der Waals surface area contributed by atoms with Crippen LogP contribution >= 0.6 is 27.7 Å². The maximum absolute atomic E-state index is 4.47. The lowest BCUT2D eigenvalue weighted by molar-refractivity contribution is 0.735. The van der Waals surface area contributed by atoms with Crippen LogP contribution in [0.1, 0.15) is 5.56 Å². The smallest absolute Gasteiger partial charge is 0.0758 e. The number of pyridine rings is 1. The normalized spacial score (nSPS) is 10.9. The highest BCUT2D eigenvalue weighted by atomic mass is 79.9. The zero-order valence-electron chi connectivity index (χ0n) is 9.74. The van der Waals surface area contributed by atoms with Crippen LogP contribution in [0.4, 0.5) is 0 Å². The first-order valence-electron chi connectivity index (χ1n) is 5.54. The number of thioether (sulfide) groups is 1. The summed E-state index contributed by atoms with van der Waals surface area (Å²) in [5.41, 5.74) is 2.34. The third-order valence-electron chi connectivity index (χ3n) is 2.60. The summed E-state index contributed by atoms with van der Waals surface area (Å²) in [6, 6.07) is 8.29. The van der Waals surface area contributed by atoms with Crippen LogP contribution in [-0.2, 0) is 6.54 Å². The summed E-state index contributed by atoms with van der Waals surface area (Å²) in [4.78, 5) is 4.47. The Bertz CT molecular complexity index is 502. The van der Waals surface area contributed by atoms with Crippen LogP contribution in [0, 0.1) is 0 Å². The Morgan fingerprint density at radius 3 is 3.06 bits per heavy atom. The molecule has 0 aliphatic rings. The highest BCUT2D eigenvalue weighted by molar-refractivity contribution is 9.10. The van der Waals surface area contributed by atoms with Crippen LogP contribution in [0.3, 0.4) is 0 Å². The molecule has 0 saturated carbocycles. The van der Waals surface area contributed by atoms with Crippen LogP contribution in [0.5, 0.6) is 0 Å². The molecule has 0 atom stereocenters. The molecule has 2 aromatic rings. The Morgan fingerprint density at radius 2 is 2.24 bits per heavy atom. The van der Waals surface area contributed by atoms with Gasteiger partial charge in [0.2, 0.25) is 0 Å². The Kier molecular flexibility index (Phi) is 4.83. The van der Waals surface area contributed by atoms with Gasteiger partial charge in [-0.2, -0.15) is 11.8 Å². The quantitative estimate of drug-likeness (QED) is 0.856. The minimum Gasteiger partial charge on any atom is -0.312 e. The van der Waals surface area contributed by atoms with Gasteiger partial charge in [0.15, 0.2) is 0 Å². The fourth-order valence-electron chi connectivity index (χ4n) is 1.74. The molecule has 0 unspecified atom stereocenters. The van der Waals surface area contributed by atoms with Gasteiger partial charge in [0.05, 0.1) is 5.52 Å². The van der Waals surface area contributed by atoms with Gasteiger partial charge in [-0.3, -0.25) is 4.98 Å². The van der Waals surface area contributed by atoms with Crippen molar-refractivity contribution in [1.29, 1.82) is 0 Å². The van der Waals surface area contributed by atoms with E-state index in [1.807, 2.05) is 24.0 Å². The van der Waals surface area contributed by atoms with Crippen molar-refractivity contribution in [2.24, 2.45) is 0 Å². The molecule has 1 aromatic heterocycles. The van der Waals surface area contributed by atoms with Gasteiger partial charge in [-0.05, 0) is 24.0 Å². The van der Waals surface area contributed by atoms with E-state index >= 15 is 0 Å². The number of halogens is 1. The van der Waals surface area contributed by atoms with Crippen LogP contribution in [0.2, 0.25) is 0 Å². The molecular formula is C13H15BrN2S. The molecule has 0 saturated heterocycles. The van der Waals surface area contributed by atoms with Crippen LogP contribution in [0.25, 0.3) is 10.9 Å². The molecule has 0 spiro atoms. The van der Waals surface area contributed by atoms with E-state index in [4.69, 9.17) is 0 Å². The van der Waals surface area contributed by atoms with Gasteiger partial charge in [0.25, 0.3) is 0 Å². The standard InChI is InChI=1S/C13H15BrN2S/c1-17-8-7-15-9-10-4-5-12(14)11-3-2-6-16-13(10)11/h2-6,15H,7-9H2,1H3. The summed E-state index contributed by atoms with van der Waals surface area (Å²) in [6.45, 7) is 1.91. The number of rotatable bonds is 5. The second-order valence-corrected chi connectivity index (χ2v) is 5.62. The average molecular weight is 311 g/mol. The van der Waals surface area contributed by atoms with Crippen molar-refractivity contribution < 1.29 is 0 Å². The molecule has 0 amide bonds. The molecule has 1 heterocycles. The minimum atomic E-state index is 0.876. The van der Waals surface area contributed by atoms with E-state index in [-0.39, 0.29) is 0 Å². The number of aromatic nitrogens is 1. The largest absolute Gasteiger partial charge is 0.312 e. The summed E-state index contributed by atoms with van der Waals surface area (Å²) in [6.07, 6.45) is 3.97. The fourth-order valence-corrected chi connectivity index (χ4v) is 2.54. The second-order valence-electron chi connectivity index (χ2n) is 3.78. The van der Waals surface area contributed by atoms with E-state index < -0.39 is 0 Å². The highest BCUT2D eigenvalue weighted by Gasteiger charge is 2.04. The minimum absolute atomic E-state index is 0.876. The van der Waals surface area contributed by atoms with Gasteiger partial charge in [-0.15, -0.1) is 0 Å². The first-order chi connectivity index (χ1) is 8.33. The molecule has 4 heteroatoms. The number of fused-ring (bicyclic) bond motifs is 1. The molecule has 2 rings (SSSR count). The molecule has 0 fully saturated rings. The van der Waals surface area contributed by atoms with E-state index in [0.29, 0.717) is 0 Å². The molecule has 1 aromatic carbocycles. The van der Waals surface area contributed by atoms with E-state index in [1.54, 1.807) is 0 Å². The lowest BCUT2D eigenvalue weighted by Gasteiger charge is -2.08. The number of hydrogen-bond donors (Lipinski definition) is 1. The predicted octanol–water partition coefficient (Wildman–Crippen LogP) is 3.45. The van der Waals surface area contributed by atoms with Gasteiger partial charge in [0.1, 0.15) is 0 Å². The summed E-state index contributed by atoms with van der Waals surface area (Å²) in [5.74, 6) is 1.14. The topological polar surface area (TPSA) is 24.9 Å². The summed E-state index contributed by atoms with van der Waals surface area (Å²) >= 11 is 5.42. The van der Waals surface area contributed by atoms with E-state index in [1.165, 1.54) is 10.9 Å². The Morgan fingerprint density at radius 1 is 1.35 bits per heavy atom. The van der Waals surface area contributed by atoms with Gasteiger partial charge in [-0.1, -0.05) is 28.1 Å². The summed E-state index contributed by atoms with van der Waals surface area (Å²) in [7, 11) is 0.